The van der Waals surface area contributed by atoms with E-state index in [-0.39, 0.29) is 46.3 Å². The molecule has 7 aromatic carbocycles. The molecule has 0 saturated carbocycles. The average Bonchev–Trinajstić information content (AvgIpc) is 1.63. The lowest BCUT2D eigenvalue weighted by Gasteiger charge is -2.24. The van der Waals surface area contributed by atoms with Gasteiger partial charge in [0.05, 0.1) is 36.3 Å². The fourth-order valence-corrected chi connectivity index (χ4v) is 20.5. The maximum absolute atomic E-state index is 13.9. The Morgan fingerprint density at radius 2 is 1.02 bits per heavy atom. The Labute approximate surface area is 911 Å². The SMILES string of the molecule is CCCCCCC(Oc1ccc(C)cc1C)C(=O)NCC(C)C1=NC2C(Cl)C(Oc3ccccc3OC)=NN2N1.CCCCCCCCN(CCCCCCCC)C(=O)c1cc(NS(=O)Oc2c(C(C)C)cc(C(C)C)cc2C(C)C)cc(C)c1O.CCCCCCCCOc1cc(CCCCCCCC)ccc1OS(=O)Nc1cc(NS(=O)Oc2ccc(CCCCCCCC)cc2C)cc(-c2nc3cc(C(C)(C)C)[nH]n3n2)c1. The second kappa shape index (κ2) is 65.2. The van der Waals surface area contributed by atoms with Crippen molar-refractivity contribution in [3.63, 3.8) is 0 Å². The number of aromatic hydroxyl groups is 1. The number of amidine groups is 1. The summed E-state index contributed by atoms with van der Waals surface area (Å²) in [5.41, 5.74) is 16.3. The molecule has 0 aliphatic carbocycles. The summed E-state index contributed by atoms with van der Waals surface area (Å²) < 4.78 is 93.4. The number of anilines is 3. The number of nitrogens with zero attached hydrogens (tertiary/aromatic N) is 7. The average molecular weight is 2140 g/mol. The number of aromatic nitrogens is 4. The number of hydrogen-bond donors (Lipinski definition) is 7. The zero-order valence-electron chi connectivity index (χ0n) is 94.2. The van der Waals surface area contributed by atoms with Crippen LogP contribution in [-0.2, 0) is 56.9 Å². The van der Waals surface area contributed by atoms with Gasteiger partial charge in [-0.15, -0.1) is 21.8 Å². The van der Waals surface area contributed by atoms with Gasteiger partial charge in [-0.25, -0.2) is 9.98 Å². The molecule has 0 saturated heterocycles. The molecule has 9 aromatic rings. The minimum atomic E-state index is -2.03. The lowest BCUT2D eigenvalue weighted by molar-refractivity contribution is -0.128. The van der Waals surface area contributed by atoms with Gasteiger partial charge >= 0.3 is 33.8 Å². The molecule has 0 bridgehead atoms. The molecule has 2 amide bonds. The number of carbonyl (C=O) groups is 2. The highest BCUT2D eigenvalue weighted by Gasteiger charge is 2.44. The molecule has 4 heterocycles. The van der Waals surface area contributed by atoms with Gasteiger partial charge in [-0.1, -0.05) is 351 Å². The molecule has 7 unspecified atom stereocenters. The first-order valence-corrected chi connectivity index (χ1v) is 59.9. The highest BCUT2D eigenvalue weighted by molar-refractivity contribution is 7.82. The monoisotopic (exact) mass is 2140 g/mol. The second-order valence-corrected chi connectivity index (χ2v) is 45.6. The third-order valence-electron chi connectivity index (χ3n) is 27.3. The first kappa shape index (κ1) is 123. The number of halogens is 1. The second-order valence-electron chi connectivity index (χ2n) is 42.6. The molecule has 0 fully saturated rings. The number of ether oxygens (including phenoxy) is 4. The minimum Gasteiger partial charge on any atom is -0.507 e. The molecule has 26 nitrogen and oxygen atoms in total. The number of aromatic amines is 1. The van der Waals surface area contributed by atoms with E-state index in [0.717, 1.165) is 129 Å². The third kappa shape index (κ3) is 40.6. The maximum Gasteiger partial charge on any atom is 0.316 e. The van der Waals surface area contributed by atoms with Crippen LogP contribution in [0, 0.1) is 33.6 Å². The number of aliphatic imine (C=N–C) groups is 1. The molecule has 30 heteroatoms. The summed E-state index contributed by atoms with van der Waals surface area (Å²) in [6.45, 7) is 44.6. The van der Waals surface area contributed by atoms with Crippen LogP contribution in [0.1, 0.15) is 419 Å². The van der Waals surface area contributed by atoms with Crippen molar-refractivity contribution in [2.45, 2.75) is 417 Å². The normalized spacial score (nSPS) is 14.3. The fourth-order valence-electron chi connectivity index (χ4n) is 18.2. The molecule has 7 atom stereocenters. The van der Waals surface area contributed by atoms with Crippen LogP contribution in [0.3, 0.4) is 0 Å². The van der Waals surface area contributed by atoms with Gasteiger partial charge < -0.3 is 46.8 Å². The zero-order valence-corrected chi connectivity index (χ0v) is 97.4. The van der Waals surface area contributed by atoms with Gasteiger partial charge in [-0.2, -0.15) is 22.4 Å². The molecular weight excluding hydrogens is 1960 g/mol. The predicted molar refractivity (Wildman–Crippen MR) is 622 cm³/mol. The van der Waals surface area contributed by atoms with E-state index in [9.17, 15) is 27.3 Å². The van der Waals surface area contributed by atoms with Gasteiger partial charge in [-0.05, 0) is 214 Å². The molecule has 150 heavy (non-hydrogen) atoms. The molecule has 2 aliphatic rings. The number of hydrogen-bond acceptors (Lipinski definition) is 19. The molecular formula is C120H180ClN13O13S3. The number of rotatable bonds is 66. The van der Waals surface area contributed by atoms with Crippen LogP contribution in [0.5, 0.6) is 46.0 Å². The minimum absolute atomic E-state index is 0.0217. The van der Waals surface area contributed by atoms with Crippen LogP contribution in [-0.4, -0.2) is 122 Å². The third-order valence-corrected chi connectivity index (χ3v) is 29.9. The molecule has 0 spiro atoms. The van der Waals surface area contributed by atoms with E-state index in [2.05, 4.69) is 169 Å². The number of phenolic OH excluding ortho intramolecular Hbond substituents is 1. The Bertz CT molecular complexity index is 5680. The van der Waals surface area contributed by atoms with Crippen LogP contribution in [0.2, 0.25) is 0 Å². The number of unbranched alkanes of at least 4 members (excludes halogenated alkanes) is 28. The topological polar surface area (TPSA) is 308 Å². The quantitative estimate of drug-likeness (QED) is 0.0106. The Hall–Kier alpha value is -10.4. The van der Waals surface area contributed by atoms with Crippen LogP contribution in [0.25, 0.3) is 17.0 Å². The Kier molecular flexibility index (Phi) is 53.6. The van der Waals surface area contributed by atoms with Crippen molar-refractivity contribution in [3.05, 3.63) is 189 Å². The van der Waals surface area contributed by atoms with E-state index in [0.29, 0.717) is 124 Å². The van der Waals surface area contributed by atoms with E-state index in [1.807, 2.05) is 93.3 Å². The van der Waals surface area contributed by atoms with Crippen molar-refractivity contribution in [1.82, 2.24) is 40.6 Å². The van der Waals surface area contributed by atoms with Crippen LogP contribution in [0.4, 0.5) is 17.1 Å². The summed E-state index contributed by atoms with van der Waals surface area (Å²) in [4.78, 5) is 38.6. The lowest BCUT2D eigenvalue weighted by atomic mass is 9.88. The van der Waals surface area contributed by atoms with Crippen LogP contribution < -0.4 is 56.4 Å². The van der Waals surface area contributed by atoms with Crippen molar-refractivity contribution in [2.24, 2.45) is 16.0 Å². The Balaban J connectivity index is 0.000000258. The van der Waals surface area contributed by atoms with Crippen molar-refractivity contribution in [3.8, 4) is 57.4 Å². The number of hydrazine groups is 1. The van der Waals surface area contributed by atoms with Crippen molar-refractivity contribution >= 4 is 91.7 Å². The lowest BCUT2D eigenvalue weighted by Crippen LogP contribution is -2.44. The standard InChI is InChI=1S/C51H76N6O5S2.C39H64N2O4S.C30H40ClN5O4/c1-8-11-14-17-20-23-26-40-28-30-45(39(4)33-40)61-63(58)55-43-35-42(50-52-49-38-48(51(5,6)7)53-57(49)54-50)36-44(37-43)56-64(59)62-46-31-29-41(27-24-21-18-15-12-9-2)34-47(46)60-32-25-22-19-16-13-10-3;1-10-12-14-16-18-20-22-41(23-21-19-17-15-13-11-2)39(43)36-27-33(24-31(9)37(36)42)40-46(44)45-38-34(29(5)6)25-32(28(3)4)26-35(38)30(7)8;1-6-7-8-9-14-25(39-22-16-15-19(2)17-20(22)3)29(37)32-18-21(4)27-33-28-26(31)30(35-36(28)34-27)40-24-13-11-10-12-23(24)38-5/h28-31,33-38,53,55-56H,8-27,32H2,1-7H3;24-30,40,42H,10-23H2,1-9H3;10-13,15-17,21,25-26,28H,6-9,14,18H2,1-5H3,(H,32,37)(H,33,34). The summed E-state index contributed by atoms with van der Waals surface area (Å²) in [7, 11) is 1.58. The molecule has 2 aliphatic heterocycles. The highest BCUT2D eigenvalue weighted by Crippen LogP contribution is 2.41. The molecule has 11 rings (SSSR count). The van der Waals surface area contributed by atoms with Gasteiger partial charge in [0.2, 0.25) is 5.90 Å². The van der Waals surface area contributed by atoms with Crippen molar-refractivity contribution in [1.29, 1.82) is 0 Å². The number of H-pyrrole nitrogens is 1. The maximum atomic E-state index is 13.9. The Morgan fingerprint density at radius 3 is 1.55 bits per heavy atom. The van der Waals surface area contributed by atoms with E-state index in [4.69, 9.17) is 58.2 Å². The number of alkyl halides is 1. The zero-order chi connectivity index (χ0) is 109. The van der Waals surface area contributed by atoms with Gasteiger partial charge in [-0.3, -0.25) is 34.3 Å². The smallest absolute Gasteiger partial charge is 0.316 e. The molecule has 0 radical (unpaired) electrons. The van der Waals surface area contributed by atoms with Gasteiger partial charge in [0.15, 0.2) is 52.1 Å². The summed E-state index contributed by atoms with van der Waals surface area (Å²) >= 11 is 0.763. The number of methoxy groups -OCH3 is 1. The highest BCUT2D eigenvalue weighted by atomic mass is 35.5. The number of para-hydroxylation sites is 2. The van der Waals surface area contributed by atoms with E-state index >= 15 is 0 Å². The number of phenols is 1. The van der Waals surface area contributed by atoms with E-state index in [1.165, 1.54) is 158 Å². The van der Waals surface area contributed by atoms with Crippen LogP contribution >= 0.6 is 11.6 Å². The first-order valence-electron chi connectivity index (χ1n) is 56.2. The fraction of sp³-hybridized carbons (Fsp3) is 0.583. The number of benzene rings is 7. The van der Waals surface area contributed by atoms with E-state index in [1.54, 1.807) is 60.2 Å². The number of fused-ring (bicyclic) bond motifs is 2. The summed E-state index contributed by atoms with van der Waals surface area (Å²) in [6.07, 6.45) is 41.6. The van der Waals surface area contributed by atoms with Gasteiger partial charge in [0.25, 0.3) is 11.8 Å². The van der Waals surface area contributed by atoms with Crippen molar-refractivity contribution < 1.29 is 58.8 Å². The number of nitrogens with one attached hydrogen (secondary N) is 6. The largest absolute Gasteiger partial charge is 0.507 e. The van der Waals surface area contributed by atoms with Crippen LogP contribution in [0.15, 0.2) is 137 Å². The van der Waals surface area contributed by atoms with Gasteiger partial charge in [0, 0.05) is 48.3 Å². The summed E-state index contributed by atoms with van der Waals surface area (Å²) in [6, 6.07) is 40.3. The number of carbonyl (C=O) groups excluding carboxylic acids is 2. The molecule has 7 N–H and O–H groups in total. The first-order chi connectivity index (χ1) is 72.2. The van der Waals surface area contributed by atoms with E-state index < -0.39 is 51.4 Å². The van der Waals surface area contributed by atoms with Crippen molar-refractivity contribution in [2.75, 3.05) is 47.5 Å². The predicted octanol–water partition coefficient (Wildman–Crippen LogP) is 30.7. The Morgan fingerprint density at radius 1 is 0.520 bits per heavy atom. The summed E-state index contributed by atoms with van der Waals surface area (Å²) in [5, 5.41) is 27.6. The number of aryl methyl sites for hydroxylation is 6. The number of hydrazone groups is 1. The molecule has 828 valence electrons. The van der Waals surface area contributed by atoms with Gasteiger partial charge in [0.1, 0.15) is 28.8 Å². The molecule has 2 aromatic heterocycles. The number of amides is 2. The summed E-state index contributed by atoms with van der Waals surface area (Å²) in [5.74, 6) is 5.84.